The van der Waals surface area contributed by atoms with Gasteiger partial charge in [-0.1, -0.05) is 12.1 Å². The zero-order valence-electron chi connectivity index (χ0n) is 10.7. The van der Waals surface area contributed by atoms with Gasteiger partial charge in [0.25, 0.3) is 0 Å². The molecule has 1 rings (SSSR count). The summed E-state index contributed by atoms with van der Waals surface area (Å²) < 4.78 is 25.9. The Labute approximate surface area is 103 Å². The van der Waals surface area contributed by atoms with Crippen LogP contribution in [0.1, 0.15) is 32.4 Å². The van der Waals surface area contributed by atoms with Gasteiger partial charge >= 0.3 is 0 Å². The predicted molar refractivity (Wildman–Crippen MR) is 71.6 cm³/mol. The van der Waals surface area contributed by atoms with Crippen LogP contribution in [0.5, 0.6) is 0 Å². The molecule has 0 heterocycles. The summed E-state index contributed by atoms with van der Waals surface area (Å²) in [4.78, 5) is 0. The molecule has 1 atom stereocenters. The highest BCUT2D eigenvalue weighted by Crippen LogP contribution is 2.17. The van der Waals surface area contributed by atoms with E-state index in [2.05, 4.69) is 10.0 Å². The minimum atomic E-state index is -3.26. The van der Waals surface area contributed by atoms with Crippen LogP contribution in [0, 0.1) is 0 Å². The average Bonchev–Trinajstić information content (AvgIpc) is 2.28. The van der Waals surface area contributed by atoms with Crippen LogP contribution in [0.4, 0.5) is 5.69 Å². The summed E-state index contributed by atoms with van der Waals surface area (Å²) in [5.74, 6) is 0. The van der Waals surface area contributed by atoms with Gasteiger partial charge in [0.1, 0.15) is 0 Å². The Bertz CT molecular complexity index is 452. The topological polar surface area (TPSA) is 58.2 Å². The Morgan fingerprint density at radius 3 is 2.00 bits per heavy atom. The van der Waals surface area contributed by atoms with Gasteiger partial charge in [0.05, 0.1) is 5.25 Å². The second kappa shape index (κ2) is 5.51. The molecule has 0 saturated heterocycles. The van der Waals surface area contributed by atoms with E-state index in [1.807, 2.05) is 26.1 Å². The van der Waals surface area contributed by atoms with E-state index in [1.54, 1.807) is 26.0 Å². The van der Waals surface area contributed by atoms with Crippen molar-refractivity contribution in [3.8, 4) is 0 Å². The lowest BCUT2D eigenvalue weighted by Crippen LogP contribution is -2.22. The highest BCUT2D eigenvalue weighted by molar-refractivity contribution is 7.93. The average molecular weight is 256 g/mol. The maximum absolute atomic E-state index is 11.7. The first-order valence-corrected chi connectivity index (χ1v) is 7.20. The standard InChI is InChI=1S/C12H20N2O2S/c1-9(2)17(15,16)14-12-7-5-11(6-8-12)10(3)13-4/h5-10,13-14H,1-4H3. The third-order valence-electron chi connectivity index (χ3n) is 2.72. The van der Waals surface area contributed by atoms with E-state index in [0.29, 0.717) is 5.69 Å². The molecule has 96 valence electrons. The molecule has 1 aromatic rings. The van der Waals surface area contributed by atoms with Crippen molar-refractivity contribution in [1.82, 2.24) is 5.32 Å². The maximum Gasteiger partial charge on any atom is 0.235 e. The highest BCUT2D eigenvalue weighted by atomic mass is 32.2. The summed E-state index contributed by atoms with van der Waals surface area (Å²) in [6, 6.07) is 7.65. The first-order valence-electron chi connectivity index (χ1n) is 5.65. The van der Waals surface area contributed by atoms with Gasteiger partial charge in [-0.3, -0.25) is 4.72 Å². The van der Waals surface area contributed by atoms with Crippen LogP contribution < -0.4 is 10.0 Å². The summed E-state index contributed by atoms with van der Waals surface area (Å²) in [6.45, 7) is 5.35. The molecule has 1 unspecified atom stereocenters. The lowest BCUT2D eigenvalue weighted by Gasteiger charge is -2.13. The molecule has 0 radical (unpaired) electrons. The highest BCUT2D eigenvalue weighted by Gasteiger charge is 2.15. The van der Waals surface area contributed by atoms with E-state index in [0.717, 1.165) is 5.56 Å². The first-order chi connectivity index (χ1) is 7.86. The largest absolute Gasteiger partial charge is 0.313 e. The van der Waals surface area contributed by atoms with E-state index in [1.165, 1.54) is 0 Å². The molecule has 0 fully saturated rings. The van der Waals surface area contributed by atoms with Crippen LogP contribution in [0.3, 0.4) is 0 Å². The smallest absolute Gasteiger partial charge is 0.235 e. The monoisotopic (exact) mass is 256 g/mol. The number of rotatable bonds is 5. The van der Waals surface area contributed by atoms with E-state index in [-0.39, 0.29) is 6.04 Å². The van der Waals surface area contributed by atoms with Crippen molar-refractivity contribution < 1.29 is 8.42 Å². The molecule has 5 heteroatoms. The minimum Gasteiger partial charge on any atom is -0.313 e. The summed E-state index contributed by atoms with van der Waals surface area (Å²) in [6.07, 6.45) is 0. The van der Waals surface area contributed by atoms with Crippen molar-refractivity contribution >= 4 is 15.7 Å². The van der Waals surface area contributed by atoms with Gasteiger partial charge in [0.15, 0.2) is 0 Å². The fourth-order valence-corrected chi connectivity index (χ4v) is 1.99. The van der Waals surface area contributed by atoms with Gasteiger partial charge in [-0.2, -0.15) is 0 Å². The van der Waals surface area contributed by atoms with E-state index < -0.39 is 15.3 Å². The zero-order valence-corrected chi connectivity index (χ0v) is 11.5. The first kappa shape index (κ1) is 14.0. The molecule has 0 aromatic heterocycles. The van der Waals surface area contributed by atoms with E-state index in [4.69, 9.17) is 0 Å². The third-order valence-corrected chi connectivity index (χ3v) is 4.49. The summed E-state index contributed by atoms with van der Waals surface area (Å²) in [7, 11) is -1.37. The molecule has 0 spiro atoms. The Hall–Kier alpha value is -1.07. The summed E-state index contributed by atoms with van der Waals surface area (Å²) in [5, 5.41) is 2.70. The van der Waals surface area contributed by atoms with Gasteiger partial charge < -0.3 is 5.32 Å². The third kappa shape index (κ3) is 3.71. The number of sulfonamides is 1. The van der Waals surface area contributed by atoms with E-state index >= 15 is 0 Å². The molecule has 0 saturated carbocycles. The lowest BCUT2D eigenvalue weighted by atomic mass is 10.1. The fourth-order valence-electron chi connectivity index (χ4n) is 1.29. The predicted octanol–water partition coefficient (Wildman–Crippen LogP) is 2.12. The normalized spacial score (nSPS) is 13.7. The molecule has 0 amide bonds. The molecule has 0 bridgehead atoms. The SMILES string of the molecule is CNC(C)c1ccc(NS(=O)(=O)C(C)C)cc1. The van der Waals surface area contributed by atoms with E-state index in [9.17, 15) is 8.42 Å². The van der Waals surface area contributed by atoms with Crippen LogP contribution in [-0.2, 0) is 10.0 Å². The summed E-state index contributed by atoms with van der Waals surface area (Å²) in [5.41, 5.74) is 1.73. The van der Waals surface area contributed by atoms with Gasteiger partial charge in [0.2, 0.25) is 10.0 Å². The van der Waals surface area contributed by atoms with Crippen molar-refractivity contribution in [3.63, 3.8) is 0 Å². The number of benzene rings is 1. The van der Waals surface area contributed by atoms with Gasteiger partial charge in [-0.15, -0.1) is 0 Å². The molecule has 4 nitrogen and oxygen atoms in total. The number of nitrogens with one attached hydrogen (secondary N) is 2. The Kier molecular flexibility index (Phi) is 4.54. The fraction of sp³-hybridized carbons (Fsp3) is 0.500. The van der Waals surface area contributed by atoms with Crippen LogP contribution in [0.2, 0.25) is 0 Å². The Morgan fingerprint density at radius 1 is 1.06 bits per heavy atom. The second-order valence-electron chi connectivity index (χ2n) is 4.33. The van der Waals surface area contributed by atoms with Gasteiger partial charge in [0, 0.05) is 11.7 Å². The number of hydrogen-bond acceptors (Lipinski definition) is 3. The van der Waals surface area contributed by atoms with Crippen molar-refractivity contribution in [2.75, 3.05) is 11.8 Å². The molecule has 0 aliphatic carbocycles. The second-order valence-corrected chi connectivity index (χ2v) is 6.57. The van der Waals surface area contributed by atoms with Gasteiger partial charge in [-0.25, -0.2) is 8.42 Å². The molecule has 0 aliphatic heterocycles. The Balaban J connectivity index is 2.83. The maximum atomic E-state index is 11.7. The van der Waals surface area contributed by atoms with Gasteiger partial charge in [-0.05, 0) is 45.5 Å². The molecule has 2 N–H and O–H groups in total. The quantitative estimate of drug-likeness (QED) is 0.848. The molecule has 0 aliphatic rings. The van der Waals surface area contributed by atoms with Crippen molar-refractivity contribution in [2.45, 2.75) is 32.1 Å². The zero-order chi connectivity index (χ0) is 13.1. The Morgan fingerprint density at radius 2 is 1.59 bits per heavy atom. The summed E-state index contributed by atoms with van der Waals surface area (Å²) >= 11 is 0. The molecule has 17 heavy (non-hydrogen) atoms. The van der Waals surface area contributed by atoms with Crippen molar-refractivity contribution in [1.29, 1.82) is 0 Å². The molecule has 1 aromatic carbocycles. The van der Waals surface area contributed by atoms with Crippen molar-refractivity contribution in [2.24, 2.45) is 0 Å². The molecular formula is C12H20N2O2S. The molecular weight excluding hydrogens is 236 g/mol. The van der Waals surface area contributed by atoms with Crippen LogP contribution in [-0.4, -0.2) is 20.7 Å². The van der Waals surface area contributed by atoms with Crippen molar-refractivity contribution in [3.05, 3.63) is 29.8 Å². The van der Waals surface area contributed by atoms with Crippen LogP contribution in [0.15, 0.2) is 24.3 Å². The lowest BCUT2D eigenvalue weighted by molar-refractivity contribution is 0.593. The number of hydrogen-bond donors (Lipinski definition) is 2. The number of anilines is 1. The van der Waals surface area contributed by atoms with Crippen LogP contribution >= 0.6 is 0 Å². The minimum absolute atomic E-state index is 0.255. The van der Waals surface area contributed by atoms with Crippen LogP contribution in [0.25, 0.3) is 0 Å².